The Bertz CT molecular complexity index is 652. The molecular weight excluding hydrogens is 292 g/mol. The van der Waals surface area contributed by atoms with Crippen molar-refractivity contribution in [2.75, 3.05) is 31.1 Å². The first-order chi connectivity index (χ1) is 11.1. The van der Waals surface area contributed by atoms with Gasteiger partial charge in [-0.15, -0.1) is 0 Å². The van der Waals surface area contributed by atoms with E-state index >= 15 is 0 Å². The molecule has 0 aliphatic carbocycles. The van der Waals surface area contributed by atoms with Crippen molar-refractivity contribution in [1.82, 2.24) is 9.88 Å². The fraction of sp³-hybridized carbons (Fsp3) is 0.353. The summed E-state index contributed by atoms with van der Waals surface area (Å²) in [5, 5.41) is 10.7. The molecule has 1 aromatic carbocycles. The normalized spacial score (nSPS) is 17.0. The summed E-state index contributed by atoms with van der Waals surface area (Å²) in [5.41, 5.74) is 2.47. The highest BCUT2D eigenvalue weighted by Crippen LogP contribution is 2.24. The molecule has 1 aliphatic rings. The van der Waals surface area contributed by atoms with Crippen LogP contribution < -0.4 is 4.90 Å². The molecular formula is C17H20N4O2. The van der Waals surface area contributed by atoms with Crippen molar-refractivity contribution >= 4 is 11.4 Å². The zero-order chi connectivity index (χ0) is 16.2. The van der Waals surface area contributed by atoms with E-state index in [0.717, 1.165) is 31.9 Å². The van der Waals surface area contributed by atoms with Crippen LogP contribution in [0.4, 0.5) is 11.4 Å². The minimum absolute atomic E-state index is 0.138. The maximum atomic E-state index is 10.7. The van der Waals surface area contributed by atoms with Crippen molar-refractivity contribution in [2.45, 2.75) is 13.0 Å². The molecule has 2 heterocycles. The number of pyridine rings is 1. The third-order valence-electron chi connectivity index (χ3n) is 4.48. The highest BCUT2D eigenvalue weighted by Gasteiger charge is 2.22. The quantitative estimate of drug-likeness (QED) is 0.641. The van der Waals surface area contributed by atoms with E-state index in [1.807, 2.05) is 24.5 Å². The van der Waals surface area contributed by atoms with Crippen LogP contribution in [-0.2, 0) is 0 Å². The monoisotopic (exact) mass is 312 g/mol. The SMILES string of the molecule is C[C@H](c1ccncc1)N1CCN(c2ccc([N+](=O)[O-])cc2)CC1. The number of nitro benzene ring substituents is 1. The Kier molecular flexibility index (Phi) is 4.52. The number of piperazine rings is 1. The molecule has 6 nitrogen and oxygen atoms in total. The van der Waals surface area contributed by atoms with Gasteiger partial charge in [-0.1, -0.05) is 0 Å². The smallest absolute Gasteiger partial charge is 0.269 e. The topological polar surface area (TPSA) is 62.5 Å². The number of aromatic nitrogens is 1. The van der Waals surface area contributed by atoms with Crippen molar-refractivity contribution in [2.24, 2.45) is 0 Å². The van der Waals surface area contributed by atoms with Crippen LogP contribution in [0.2, 0.25) is 0 Å². The second-order valence-electron chi connectivity index (χ2n) is 5.75. The molecule has 0 radical (unpaired) electrons. The van der Waals surface area contributed by atoms with Gasteiger partial charge < -0.3 is 4.90 Å². The van der Waals surface area contributed by atoms with Gasteiger partial charge in [-0.05, 0) is 36.8 Å². The molecule has 1 saturated heterocycles. The molecule has 0 bridgehead atoms. The highest BCUT2D eigenvalue weighted by molar-refractivity contribution is 5.51. The third kappa shape index (κ3) is 3.48. The minimum Gasteiger partial charge on any atom is -0.369 e. The van der Waals surface area contributed by atoms with Gasteiger partial charge in [0.25, 0.3) is 5.69 Å². The number of hydrogen-bond donors (Lipinski definition) is 0. The Morgan fingerprint density at radius 2 is 1.65 bits per heavy atom. The Morgan fingerprint density at radius 3 is 2.22 bits per heavy atom. The lowest BCUT2D eigenvalue weighted by Crippen LogP contribution is -2.47. The van der Waals surface area contributed by atoms with Crippen LogP contribution in [0.15, 0.2) is 48.8 Å². The maximum absolute atomic E-state index is 10.7. The Labute approximate surface area is 135 Å². The number of non-ortho nitro benzene ring substituents is 1. The van der Waals surface area contributed by atoms with Crippen LogP contribution in [0, 0.1) is 10.1 Å². The van der Waals surface area contributed by atoms with E-state index in [-0.39, 0.29) is 10.6 Å². The Morgan fingerprint density at radius 1 is 1.04 bits per heavy atom. The van der Waals surface area contributed by atoms with E-state index in [4.69, 9.17) is 0 Å². The van der Waals surface area contributed by atoms with E-state index in [0.29, 0.717) is 6.04 Å². The predicted molar refractivity (Wildman–Crippen MR) is 89.5 cm³/mol. The van der Waals surface area contributed by atoms with E-state index in [1.165, 1.54) is 5.56 Å². The number of rotatable bonds is 4. The lowest BCUT2D eigenvalue weighted by Gasteiger charge is -2.39. The molecule has 1 atom stereocenters. The molecule has 1 fully saturated rings. The van der Waals surface area contributed by atoms with Gasteiger partial charge in [-0.3, -0.25) is 20.0 Å². The summed E-state index contributed by atoms with van der Waals surface area (Å²) in [5.74, 6) is 0. The van der Waals surface area contributed by atoms with E-state index < -0.39 is 0 Å². The maximum Gasteiger partial charge on any atom is 0.269 e. The summed E-state index contributed by atoms with van der Waals surface area (Å²) in [6.07, 6.45) is 3.66. The summed E-state index contributed by atoms with van der Waals surface area (Å²) >= 11 is 0. The van der Waals surface area contributed by atoms with Crippen LogP contribution in [-0.4, -0.2) is 41.0 Å². The van der Waals surface area contributed by atoms with E-state index in [2.05, 4.69) is 33.8 Å². The summed E-state index contributed by atoms with van der Waals surface area (Å²) in [6.45, 7) is 6.01. The lowest BCUT2D eigenvalue weighted by molar-refractivity contribution is -0.384. The van der Waals surface area contributed by atoms with Crippen LogP contribution in [0.3, 0.4) is 0 Å². The lowest BCUT2D eigenvalue weighted by atomic mass is 10.1. The fourth-order valence-electron chi connectivity index (χ4n) is 3.01. The molecule has 0 N–H and O–H groups in total. The minimum atomic E-state index is -0.363. The number of nitrogens with zero attached hydrogens (tertiary/aromatic N) is 4. The van der Waals surface area contributed by atoms with Crippen LogP contribution in [0.1, 0.15) is 18.5 Å². The average Bonchev–Trinajstić information content (AvgIpc) is 2.62. The average molecular weight is 312 g/mol. The van der Waals surface area contributed by atoms with Crippen LogP contribution >= 0.6 is 0 Å². The summed E-state index contributed by atoms with van der Waals surface area (Å²) < 4.78 is 0. The first kappa shape index (κ1) is 15.4. The molecule has 23 heavy (non-hydrogen) atoms. The van der Waals surface area contributed by atoms with Gasteiger partial charge in [0, 0.05) is 62.4 Å². The first-order valence-corrected chi connectivity index (χ1v) is 7.78. The molecule has 0 spiro atoms. The van der Waals surface area contributed by atoms with Gasteiger partial charge in [0.15, 0.2) is 0 Å². The zero-order valence-corrected chi connectivity index (χ0v) is 13.1. The van der Waals surface area contributed by atoms with E-state index in [1.54, 1.807) is 12.1 Å². The molecule has 2 aromatic rings. The number of anilines is 1. The molecule has 0 saturated carbocycles. The predicted octanol–water partition coefficient (Wildman–Crippen LogP) is 2.87. The summed E-state index contributed by atoms with van der Waals surface area (Å²) in [6, 6.07) is 11.3. The molecule has 1 aromatic heterocycles. The van der Waals surface area contributed by atoms with Gasteiger partial charge in [-0.2, -0.15) is 0 Å². The zero-order valence-electron chi connectivity index (χ0n) is 13.1. The van der Waals surface area contributed by atoms with Crippen molar-refractivity contribution in [1.29, 1.82) is 0 Å². The summed E-state index contributed by atoms with van der Waals surface area (Å²) in [7, 11) is 0. The van der Waals surface area contributed by atoms with E-state index in [9.17, 15) is 10.1 Å². The van der Waals surface area contributed by atoms with Crippen molar-refractivity contribution in [3.05, 3.63) is 64.5 Å². The highest BCUT2D eigenvalue weighted by atomic mass is 16.6. The molecule has 0 amide bonds. The second-order valence-corrected chi connectivity index (χ2v) is 5.75. The van der Waals surface area contributed by atoms with Gasteiger partial charge in [0.1, 0.15) is 0 Å². The van der Waals surface area contributed by atoms with Crippen molar-refractivity contribution in [3.63, 3.8) is 0 Å². The second kappa shape index (κ2) is 6.75. The van der Waals surface area contributed by atoms with Gasteiger partial charge >= 0.3 is 0 Å². The Balaban J connectivity index is 1.61. The third-order valence-corrected chi connectivity index (χ3v) is 4.48. The standard InChI is InChI=1S/C17H20N4O2/c1-14(15-6-8-18-9-7-15)19-10-12-20(13-11-19)16-2-4-17(5-3-16)21(22)23/h2-9,14H,10-13H2,1H3/t14-/m1/s1. The van der Waals surface area contributed by atoms with Crippen LogP contribution in [0.5, 0.6) is 0 Å². The number of nitro groups is 1. The largest absolute Gasteiger partial charge is 0.369 e. The van der Waals surface area contributed by atoms with Gasteiger partial charge in [0.05, 0.1) is 4.92 Å². The Hall–Kier alpha value is -2.47. The molecule has 120 valence electrons. The number of hydrogen-bond acceptors (Lipinski definition) is 5. The molecule has 0 unspecified atom stereocenters. The molecule has 1 aliphatic heterocycles. The van der Waals surface area contributed by atoms with Crippen LogP contribution in [0.25, 0.3) is 0 Å². The van der Waals surface area contributed by atoms with Gasteiger partial charge in [-0.25, -0.2) is 0 Å². The van der Waals surface area contributed by atoms with Crippen molar-refractivity contribution in [3.8, 4) is 0 Å². The van der Waals surface area contributed by atoms with Gasteiger partial charge in [0.2, 0.25) is 0 Å². The first-order valence-electron chi connectivity index (χ1n) is 7.78. The summed E-state index contributed by atoms with van der Waals surface area (Å²) in [4.78, 5) is 19.2. The molecule has 6 heteroatoms. The van der Waals surface area contributed by atoms with Crippen molar-refractivity contribution < 1.29 is 4.92 Å². The fourth-order valence-corrected chi connectivity index (χ4v) is 3.01. The molecule has 3 rings (SSSR count). The number of benzene rings is 1.